The zero-order valence-corrected chi connectivity index (χ0v) is 20.4. The number of para-hydroxylation sites is 1. The average Bonchev–Trinajstić information content (AvgIpc) is 3.39. The van der Waals surface area contributed by atoms with E-state index in [1.54, 1.807) is 26.0 Å². The Balaban J connectivity index is 1.71. The van der Waals surface area contributed by atoms with Crippen molar-refractivity contribution in [2.45, 2.75) is 26.6 Å². The Bertz CT molecular complexity index is 1280. The molecule has 1 atom stereocenters. The number of nitrogens with one attached hydrogen (secondary N) is 1. The highest BCUT2D eigenvalue weighted by molar-refractivity contribution is 7.54. The van der Waals surface area contributed by atoms with Gasteiger partial charge >= 0.3 is 7.60 Å². The lowest BCUT2D eigenvalue weighted by molar-refractivity contribution is 0.0941. The van der Waals surface area contributed by atoms with Crippen LogP contribution in [0.2, 0.25) is 0 Å². The highest BCUT2D eigenvalue weighted by Gasteiger charge is 2.38. The van der Waals surface area contributed by atoms with Gasteiger partial charge in [-0.1, -0.05) is 48.5 Å². The summed E-state index contributed by atoms with van der Waals surface area (Å²) in [5.41, 5.74) is 2.41. The molecule has 1 amide bonds. The van der Waals surface area contributed by atoms with Gasteiger partial charge in [-0.2, -0.15) is 5.10 Å². The van der Waals surface area contributed by atoms with Gasteiger partial charge in [-0.25, -0.2) is 4.68 Å². The molecule has 7 nitrogen and oxygen atoms in total. The second kappa shape index (κ2) is 10.0. The number of nitrogens with zero attached hydrogens (tertiary/aromatic N) is 2. The van der Waals surface area contributed by atoms with E-state index in [2.05, 4.69) is 10.4 Å². The summed E-state index contributed by atoms with van der Waals surface area (Å²) in [5.74, 6) is -1.27. The maximum absolute atomic E-state index is 13.6. The first-order valence-electron chi connectivity index (χ1n) is 10.8. The molecular weight excluding hydrogens is 457 g/mol. The van der Waals surface area contributed by atoms with Crippen LogP contribution in [-0.4, -0.2) is 28.9 Å². The van der Waals surface area contributed by atoms with E-state index in [4.69, 9.17) is 9.05 Å². The average molecular weight is 484 g/mol. The summed E-state index contributed by atoms with van der Waals surface area (Å²) in [6.45, 7) is 5.82. The molecule has 4 rings (SSSR count). The van der Waals surface area contributed by atoms with Gasteiger partial charge in [0.2, 0.25) is 0 Å². The van der Waals surface area contributed by atoms with E-state index in [0.717, 1.165) is 21.6 Å². The SMILES string of the molecule is CCOP(=O)(OCC)C(NC(=O)c1cc2c(C)nn(-c3ccccc3)c2s1)c1ccccc1. The minimum absolute atomic E-state index is 0.200. The van der Waals surface area contributed by atoms with Gasteiger partial charge in [0, 0.05) is 5.39 Å². The van der Waals surface area contributed by atoms with Crippen LogP contribution in [0.5, 0.6) is 0 Å². The molecule has 0 spiro atoms. The van der Waals surface area contributed by atoms with Crippen molar-refractivity contribution in [3.63, 3.8) is 0 Å². The monoisotopic (exact) mass is 483 g/mol. The minimum atomic E-state index is -3.66. The summed E-state index contributed by atoms with van der Waals surface area (Å²) < 4.78 is 26.6. The molecule has 0 saturated carbocycles. The second-order valence-corrected chi connectivity index (χ2v) is 10.5. The van der Waals surface area contributed by atoms with Crippen LogP contribution in [-0.2, 0) is 13.6 Å². The predicted octanol–water partition coefficient (Wildman–Crippen LogP) is 6.09. The highest BCUT2D eigenvalue weighted by atomic mass is 32.1. The van der Waals surface area contributed by atoms with Crippen molar-refractivity contribution in [3.8, 4) is 5.69 Å². The Morgan fingerprint density at radius 3 is 2.27 bits per heavy atom. The Morgan fingerprint density at radius 2 is 1.67 bits per heavy atom. The standard InChI is InChI=1S/C24H26N3O4PS/c1-4-30-32(29,31-5-2)23(18-12-8-6-9-13-18)25-22(28)21-16-20-17(3)26-27(24(20)33-21)19-14-10-7-11-15-19/h6-16,23H,4-5H2,1-3H3,(H,25,28). The van der Waals surface area contributed by atoms with Gasteiger partial charge in [-0.3, -0.25) is 9.36 Å². The summed E-state index contributed by atoms with van der Waals surface area (Å²) in [7, 11) is -3.66. The third-order valence-corrected chi connectivity index (χ3v) is 8.49. The summed E-state index contributed by atoms with van der Waals surface area (Å²) in [6.07, 6.45) is 0. The molecule has 0 fully saturated rings. The van der Waals surface area contributed by atoms with Crippen LogP contribution < -0.4 is 5.32 Å². The minimum Gasteiger partial charge on any atom is -0.334 e. The maximum Gasteiger partial charge on any atom is 0.357 e. The molecule has 2 heterocycles. The van der Waals surface area contributed by atoms with Crippen molar-refractivity contribution in [1.82, 2.24) is 15.1 Å². The van der Waals surface area contributed by atoms with E-state index in [0.29, 0.717) is 10.4 Å². The van der Waals surface area contributed by atoms with Crippen LogP contribution in [0.25, 0.3) is 15.9 Å². The van der Waals surface area contributed by atoms with Gasteiger partial charge in [-0.05, 0) is 44.5 Å². The van der Waals surface area contributed by atoms with E-state index >= 15 is 0 Å². The van der Waals surface area contributed by atoms with Gasteiger partial charge in [-0.15, -0.1) is 11.3 Å². The number of rotatable bonds is 9. The lowest BCUT2D eigenvalue weighted by Gasteiger charge is -2.27. The molecule has 1 N–H and O–H groups in total. The molecule has 9 heteroatoms. The van der Waals surface area contributed by atoms with Gasteiger partial charge in [0.15, 0.2) is 5.78 Å². The van der Waals surface area contributed by atoms with E-state index in [-0.39, 0.29) is 19.1 Å². The molecule has 0 radical (unpaired) electrons. The number of hydrogen-bond acceptors (Lipinski definition) is 6. The second-order valence-electron chi connectivity index (χ2n) is 7.32. The summed E-state index contributed by atoms with van der Waals surface area (Å²) in [6, 6.07) is 20.7. The molecule has 0 aliphatic rings. The maximum atomic E-state index is 13.6. The van der Waals surface area contributed by atoms with Crippen molar-refractivity contribution in [2.24, 2.45) is 0 Å². The van der Waals surface area contributed by atoms with Crippen molar-refractivity contribution >= 4 is 35.1 Å². The molecule has 0 aliphatic heterocycles. The van der Waals surface area contributed by atoms with Gasteiger partial charge < -0.3 is 14.4 Å². The summed E-state index contributed by atoms with van der Waals surface area (Å²) >= 11 is 1.34. The van der Waals surface area contributed by atoms with Crippen molar-refractivity contribution in [1.29, 1.82) is 0 Å². The lowest BCUT2D eigenvalue weighted by atomic mass is 10.2. The molecular formula is C24H26N3O4PS. The quantitative estimate of drug-likeness (QED) is 0.291. The molecule has 172 valence electrons. The topological polar surface area (TPSA) is 82.4 Å². The first kappa shape index (κ1) is 23.4. The van der Waals surface area contributed by atoms with E-state index in [9.17, 15) is 9.36 Å². The molecule has 0 bridgehead atoms. The zero-order chi connectivity index (χ0) is 23.4. The molecule has 2 aromatic heterocycles. The Kier molecular flexibility index (Phi) is 7.10. The lowest BCUT2D eigenvalue weighted by Crippen LogP contribution is -2.29. The predicted molar refractivity (Wildman–Crippen MR) is 131 cm³/mol. The number of benzene rings is 2. The first-order valence-corrected chi connectivity index (χ1v) is 13.2. The molecule has 2 aromatic carbocycles. The largest absolute Gasteiger partial charge is 0.357 e. The normalized spacial score (nSPS) is 12.7. The molecule has 0 aliphatic carbocycles. The number of carbonyl (C=O) groups is 1. The van der Waals surface area contributed by atoms with Crippen molar-refractivity contribution in [2.75, 3.05) is 13.2 Å². The number of carbonyl (C=O) groups excluding carboxylic acids is 1. The fraction of sp³-hybridized carbons (Fsp3) is 0.250. The van der Waals surface area contributed by atoms with Crippen LogP contribution in [0.3, 0.4) is 0 Å². The number of fused-ring (bicyclic) bond motifs is 1. The van der Waals surface area contributed by atoms with Gasteiger partial charge in [0.1, 0.15) is 4.83 Å². The van der Waals surface area contributed by atoms with Gasteiger partial charge in [0.25, 0.3) is 5.91 Å². The first-order chi connectivity index (χ1) is 16.0. The van der Waals surface area contributed by atoms with Crippen LogP contribution in [0, 0.1) is 6.92 Å². The molecule has 4 aromatic rings. The fourth-order valence-electron chi connectivity index (χ4n) is 3.63. The number of hydrogen-bond donors (Lipinski definition) is 1. The van der Waals surface area contributed by atoms with Crippen LogP contribution in [0.15, 0.2) is 66.7 Å². The Morgan fingerprint density at radius 1 is 1.06 bits per heavy atom. The smallest absolute Gasteiger partial charge is 0.334 e. The van der Waals surface area contributed by atoms with Crippen LogP contribution in [0.4, 0.5) is 0 Å². The number of thiophene rings is 1. The number of aryl methyl sites for hydroxylation is 1. The van der Waals surface area contributed by atoms with Crippen LogP contribution >= 0.6 is 18.9 Å². The Labute approximate surface area is 196 Å². The highest BCUT2D eigenvalue weighted by Crippen LogP contribution is 2.59. The third kappa shape index (κ3) is 4.80. The third-order valence-electron chi connectivity index (χ3n) is 5.09. The fourth-order valence-corrected chi connectivity index (χ4v) is 6.62. The Hall–Kier alpha value is -2.77. The molecule has 0 saturated heterocycles. The van der Waals surface area contributed by atoms with Crippen LogP contribution in [0.1, 0.15) is 40.6 Å². The molecule has 33 heavy (non-hydrogen) atoms. The number of aromatic nitrogens is 2. The van der Waals surface area contributed by atoms with Crippen molar-refractivity contribution < 1.29 is 18.4 Å². The van der Waals surface area contributed by atoms with E-state index < -0.39 is 13.4 Å². The molecule has 1 unspecified atom stereocenters. The van der Waals surface area contributed by atoms with Crippen molar-refractivity contribution in [3.05, 3.63) is 82.9 Å². The summed E-state index contributed by atoms with van der Waals surface area (Å²) in [5, 5.41) is 8.45. The van der Waals surface area contributed by atoms with Gasteiger partial charge in [0.05, 0.1) is 29.5 Å². The summed E-state index contributed by atoms with van der Waals surface area (Å²) in [4.78, 5) is 14.7. The van der Waals surface area contributed by atoms with E-state index in [1.807, 2.05) is 66.2 Å². The van der Waals surface area contributed by atoms with E-state index in [1.165, 1.54) is 11.3 Å². The number of amides is 1. The zero-order valence-electron chi connectivity index (χ0n) is 18.7.